The number of nitrogens with zero attached hydrogens (tertiary/aromatic N) is 3. The number of hydrogen-bond acceptors (Lipinski definition) is 7. The van der Waals surface area contributed by atoms with Crippen LogP contribution in [0, 0.1) is 5.82 Å². The van der Waals surface area contributed by atoms with Gasteiger partial charge in [0.05, 0.1) is 27.6 Å². The van der Waals surface area contributed by atoms with Crippen LogP contribution in [0.15, 0.2) is 53.0 Å². The number of ether oxygens (including phenoxy) is 1. The predicted molar refractivity (Wildman–Crippen MR) is 118 cm³/mol. The third-order valence-corrected chi connectivity index (χ3v) is 7.47. The van der Waals surface area contributed by atoms with Crippen molar-refractivity contribution in [3.8, 4) is 22.6 Å². The number of methoxy groups -OCH3 is 1. The average Bonchev–Trinajstić information content (AvgIpc) is 3.11. The van der Waals surface area contributed by atoms with E-state index in [1.54, 1.807) is 37.7 Å². The van der Waals surface area contributed by atoms with Crippen LogP contribution in [0.25, 0.3) is 32.9 Å². The number of hydrogen-bond donors (Lipinski definition) is 1. The summed E-state index contributed by atoms with van der Waals surface area (Å²) in [6.45, 7) is 0.530. The van der Waals surface area contributed by atoms with E-state index >= 15 is 0 Å². The molecule has 0 unspecified atom stereocenters. The van der Waals surface area contributed by atoms with Crippen molar-refractivity contribution in [3.63, 3.8) is 0 Å². The number of fused-ring (bicyclic) bond motifs is 1. The van der Waals surface area contributed by atoms with Gasteiger partial charge in [-0.2, -0.15) is 0 Å². The highest BCUT2D eigenvalue weighted by atomic mass is 32.2. The number of benzene rings is 1. The van der Waals surface area contributed by atoms with Crippen molar-refractivity contribution >= 4 is 38.0 Å². The largest absolute Gasteiger partial charge is 0.396 e. The summed E-state index contributed by atoms with van der Waals surface area (Å²) in [5.74, 6) is 0.585. The van der Waals surface area contributed by atoms with Gasteiger partial charge in [-0.3, -0.25) is 9.19 Å². The smallest absolute Gasteiger partial charge is 0.162 e. The van der Waals surface area contributed by atoms with E-state index < -0.39 is 10.8 Å². The highest BCUT2D eigenvalue weighted by molar-refractivity contribution is 7.87. The van der Waals surface area contributed by atoms with Gasteiger partial charge in [0.15, 0.2) is 5.82 Å². The van der Waals surface area contributed by atoms with Crippen molar-refractivity contribution in [2.24, 2.45) is 0 Å². The van der Waals surface area contributed by atoms with Crippen molar-refractivity contribution < 1.29 is 13.3 Å². The van der Waals surface area contributed by atoms with Gasteiger partial charge >= 0.3 is 0 Å². The molecule has 4 aromatic rings. The Hall–Kier alpha value is -2.75. The Balaban J connectivity index is 1.89. The van der Waals surface area contributed by atoms with Crippen LogP contribution in [0.5, 0.6) is 0 Å². The van der Waals surface area contributed by atoms with E-state index in [2.05, 4.69) is 9.97 Å². The Morgan fingerprint density at radius 1 is 1.17 bits per heavy atom. The maximum absolute atomic E-state index is 13.5. The van der Waals surface area contributed by atoms with Crippen molar-refractivity contribution in [1.82, 2.24) is 15.0 Å². The molecule has 0 fully saturated rings. The molecule has 30 heavy (non-hydrogen) atoms. The first kappa shape index (κ1) is 20.5. The Morgan fingerprint density at radius 3 is 2.67 bits per heavy atom. The van der Waals surface area contributed by atoms with Crippen LogP contribution in [-0.2, 0) is 15.5 Å². The zero-order valence-corrected chi connectivity index (χ0v) is 17.8. The fraction of sp³-hybridized carbons (Fsp3) is 0.190. The van der Waals surface area contributed by atoms with Gasteiger partial charge < -0.3 is 10.5 Å². The SMILES string of the molecule is COCCC[S@](=O)c1sc2nc(-c3cccnc3)nc(-c3ccc(F)cc3)c2c1N. The molecule has 9 heteroatoms. The van der Waals surface area contributed by atoms with Crippen LogP contribution in [0.4, 0.5) is 10.1 Å². The molecule has 3 aromatic heterocycles. The lowest BCUT2D eigenvalue weighted by Gasteiger charge is -2.07. The summed E-state index contributed by atoms with van der Waals surface area (Å²) in [5.41, 5.74) is 8.85. The first-order valence-electron chi connectivity index (χ1n) is 9.22. The summed E-state index contributed by atoms with van der Waals surface area (Å²) in [6.07, 6.45) is 4.01. The highest BCUT2D eigenvalue weighted by Gasteiger charge is 2.22. The molecule has 0 bridgehead atoms. The molecular weight excluding hydrogens is 423 g/mol. The molecular formula is C21H19FN4O2S2. The molecule has 0 aliphatic carbocycles. The molecule has 2 N–H and O–H groups in total. The van der Waals surface area contributed by atoms with Gasteiger partial charge in [0, 0.05) is 43.0 Å². The fourth-order valence-corrected chi connectivity index (χ4v) is 5.64. The maximum Gasteiger partial charge on any atom is 0.162 e. The topological polar surface area (TPSA) is 91.0 Å². The Bertz CT molecular complexity index is 1200. The van der Waals surface area contributed by atoms with Crippen LogP contribution < -0.4 is 5.73 Å². The lowest BCUT2D eigenvalue weighted by Crippen LogP contribution is -2.02. The number of nitrogen functional groups attached to an aromatic ring is 1. The maximum atomic E-state index is 13.5. The number of rotatable bonds is 7. The number of halogens is 1. The molecule has 3 heterocycles. The second-order valence-corrected chi connectivity index (χ2v) is 9.29. The monoisotopic (exact) mass is 442 g/mol. The molecule has 6 nitrogen and oxygen atoms in total. The van der Waals surface area contributed by atoms with Crippen LogP contribution in [0.1, 0.15) is 6.42 Å². The molecule has 0 saturated heterocycles. The van der Waals surface area contributed by atoms with Crippen molar-refractivity contribution in [2.45, 2.75) is 10.6 Å². The second-order valence-electron chi connectivity index (χ2n) is 6.52. The molecule has 154 valence electrons. The summed E-state index contributed by atoms with van der Waals surface area (Å²) in [4.78, 5) is 14.1. The third-order valence-electron chi connectivity index (χ3n) is 4.48. The molecule has 0 saturated carbocycles. The van der Waals surface area contributed by atoms with E-state index in [1.165, 1.54) is 23.5 Å². The van der Waals surface area contributed by atoms with Crippen molar-refractivity contribution in [3.05, 3.63) is 54.6 Å². The molecule has 0 amide bonds. The normalized spacial score (nSPS) is 12.3. The molecule has 1 atom stereocenters. The number of aromatic nitrogens is 3. The number of thiophene rings is 1. The van der Waals surface area contributed by atoms with E-state index in [9.17, 15) is 8.60 Å². The van der Waals surface area contributed by atoms with Crippen molar-refractivity contribution in [2.75, 3.05) is 25.2 Å². The number of nitrogens with two attached hydrogens (primary N) is 1. The van der Waals surface area contributed by atoms with Gasteiger partial charge in [0.25, 0.3) is 0 Å². The summed E-state index contributed by atoms with van der Waals surface area (Å²) in [5, 5.41) is 0.634. The average molecular weight is 443 g/mol. The predicted octanol–water partition coefficient (Wildman–Crippen LogP) is 4.29. The minimum atomic E-state index is -1.28. The Morgan fingerprint density at radius 2 is 1.97 bits per heavy atom. The zero-order valence-electron chi connectivity index (χ0n) is 16.2. The van der Waals surface area contributed by atoms with E-state index in [-0.39, 0.29) is 5.82 Å². The first-order valence-corrected chi connectivity index (χ1v) is 11.4. The third kappa shape index (κ3) is 4.09. The Labute approximate surface area is 179 Å². The highest BCUT2D eigenvalue weighted by Crippen LogP contribution is 2.41. The molecule has 0 spiro atoms. The van der Waals surface area contributed by atoms with Gasteiger partial charge in [0.1, 0.15) is 14.9 Å². The lowest BCUT2D eigenvalue weighted by atomic mass is 10.1. The molecule has 1 aromatic carbocycles. The standard InChI is InChI=1S/C21H19FN4O2S2/c1-28-10-3-11-30(27)21-17(23)16-18(13-5-7-15(22)8-6-13)25-19(26-20(16)29-21)14-4-2-9-24-12-14/h2,4-9,12H,3,10-11,23H2,1H3/t30-/m0/s1. The molecule has 0 aliphatic heterocycles. The number of pyridine rings is 1. The first-order chi connectivity index (χ1) is 14.6. The van der Waals surface area contributed by atoms with Crippen LogP contribution >= 0.6 is 11.3 Å². The molecule has 4 rings (SSSR count). The van der Waals surface area contributed by atoms with Crippen LogP contribution in [0.3, 0.4) is 0 Å². The number of anilines is 1. The summed E-state index contributed by atoms with van der Waals surface area (Å²) < 4.78 is 31.9. The van der Waals surface area contributed by atoms with Crippen LogP contribution in [-0.4, -0.2) is 38.6 Å². The summed E-state index contributed by atoms with van der Waals surface area (Å²) in [6, 6.07) is 9.72. The van der Waals surface area contributed by atoms with Gasteiger partial charge in [-0.25, -0.2) is 14.4 Å². The zero-order chi connectivity index (χ0) is 21.1. The fourth-order valence-electron chi connectivity index (χ4n) is 3.04. The Kier molecular flexibility index (Phi) is 6.12. The van der Waals surface area contributed by atoms with E-state index in [0.29, 0.717) is 56.0 Å². The van der Waals surface area contributed by atoms with E-state index in [0.717, 1.165) is 5.56 Å². The van der Waals surface area contributed by atoms with E-state index in [1.807, 2.05) is 6.07 Å². The molecule has 0 radical (unpaired) electrons. The van der Waals surface area contributed by atoms with Crippen molar-refractivity contribution in [1.29, 1.82) is 0 Å². The summed E-state index contributed by atoms with van der Waals surface area (Å²) in [7, 11) is 0.337. The van der Waals surface area contributed by atoms with Gasteiger partial charge in [-0.1, -0.05) is 0 Å². The van der Waals surface area contributed by atoms with Gasteiger partial charge in [0.2, 0.25) is 0 Å². The minimum Gasteiger partial charge on any atom is -0.396 e. The quantitative estimate of drug-likeness (QED) is 0.430. The van der Waals surface area contributed by atoms with Crippen LogP contribution in [0.2, 0.25) is 0 Å². The van der Waals surface area contributed by atoms with E-state index in [4.69, 9.17) is 15.5 Å². The van der Waals surface area contributed by atoms with Gasteiger partial charge in [-0.15, -0.1) is 11.3 Å². The van der Waals surface area contributed by atoms with Gasteiger partial charge in [-0.05, 0) is 42.8 Å². The second kappa shape index (κ2) is 8.95. The lowest BCUT2D eigenvalue weighted by molar-refractivity contribution is 0.200. The molecule has 0 aliphatic rings. The summed E-state index contributed by atoms with van der Waals surface area (Å²) >= 11 is 1.30. The minimum absolute atomic E-state index is 0.338.